The van der Waals surface area contributed by atoms with Gasteiger partial charge in [-0.15, -0.1) is 0 Å². The highest BCUT2D eigenvalue weighted by Crippen LogP contribution is 2.43. The maximum atomic E-state index is 13.0. The van der Waals surface area contributed by atoms with E-state index in [2.05, 4.69) is 79.5 Å². The minimum absolute atomic E-state index is 0.0432. The van der Waals surface area contributed by atoms with Gasteiger partial charge in [0, 0.05) is 39.0 Å². The van der Waals surface area contributed by atoms with Crippen LogP contribution in [-0.4, -0.2) is 97.2 Å². The highest BCUT2D eigenvalue weighted by Gasteiger charge is 2.27. The first-order valence-electron chi connectivity index (χ1n) is 30.1. The molecule has 0 fully saturated rings. The molecule has 0 aliphatic rings. The van der Waals surface area contributed by atoms with E-state index in [-0.39, 0.29) is 57.2 Å². The smallest absolute Gasteiger partial charge is 0.472 e. The molecule has 10 atom stereocenters. The average Bonchev–Trinajstić information content (AvgIpc) is 3.33. The van der Waals surface area contributed by atoms with E-state index in [0.29, 0.717) is 50.4 Å². The van der Waals surface area contributed by atoms with Gasteiger partial charge in [-0.3, -0.25) is 33.2 Å². The third-order valence-electron chi connectivity index (χ3n) is 14.9. The number of carbonyl (C=O) groups excluding carboxylic acids is 3. The second-order valence-corrected chi connectivity index (χ2v) is 25.5. The first kappa shape index (κ1) is 73.5. The predicted molar refractivity (Wildman–Crippen MR) is 310 cm³/mol. The Labute approximate surface area is 463 Å². The molecule has 0 aromatic carbocycles. The molecule has 0 spiro atoms. The largest absolute Gasteiger partial charge is 0.481 e. The molecule has 0 rings (SSSR count). The Hall–Kier alpha value is -2.46. The van der Waals surface area contributed by atoms with Crippen LogP contribution in [0.3, 0.4) is 0 Å². The van der Waals surface area contributed by atoms with Crippen LogP contribution in [0, 0.1) is 47.3 Å². The number of nitrogens with one attached hydrogen (secondary N) is 1. The number of guanidine groups is 1. The van der Waals surface area contributed by atoms with Crippen LogP contribution in [0.4, 0.5) is 0 Å². The molecule has 17 heteroatoms. The van der Waals surface area contributed by atoms with Crippen LogP contribution in [0.15, 0.2) is 4.99 Å². The summed E-state index contributed by atoms with van der Waals surface area (Å²) >= 11 is 0. The molecule has 0 aliphatic carbocycles. The summed E-state index contributed by atoms with van der Waals surface area (Å²) in [5.41, 5.74) is 16.5. The average molecular weight is 1100 g/mol. The van der Waals surface area contributed by atoms with E-state index < -0.39 is 50.1 Å². The number of carboxylic acid groups (broad SMARTS) is 1. The molecule has 448 valence electrons. The maximum Gasteiger partial charge on any atom is 0.472 e. The highest BCUT2D eigenvalue weighted by atomic mass is 31.2. The Kier molecular flexibility index (Phi) is 43.8. The van der Waals surface area contributed by atoms with Crippen LogP contribution in [0.2, 0.25) is 0 Å². The van der Waals surface area contributed by atoms with E-state index in [1.807, 2.05) is 0 Å². The van der Waals surface area contributed by atoms with Crippen molar-refractivity contribution in [2.45, 2.75) is 261 Å². The summed E-state index contributed by atoms with van der Waals surface area (Å²) in [6.45, 7) is 24.2. The van der Waals surface area contributed by atoms with Gasteiger partial charge in [0.25, 0.3) is 0 Å². The number of carbonyl (C=O) groups is 4. The van der Waals surface area contributed by atoms with Crippen molar-refractivity contribution in [2.24, 2.45) is 69.5 Å². The summed E-state index contributed by atoms with van der Waals surface area (Å²) in [5.74, 6) is 2.55. The normalized spacial score (nSPS) is 16.3. The van der Waals surface area contributed by atoms with Crippen molar-refractivity contribution in [1.82, 2.24) is 5.32 Å². The first-order chi connectivity index (χ1) is 35.9. The number of hydrogen-bond acceptors (Lipinski definition) is 11. The summed E-state index contributed by atoms with van der Waals surface area (Å²) < 4.78 is 36.0. The molecule has 76 heavy (non-hydrogen) atoms. The van der Waals surface area contributed by atoms with E-state index in [4.69, 9.17) is 35.7 Å². The zero-order valence-corrected chi connectivity index (χ0v) is 50.8. The Morgan fingerprint density at radius 1 is 0.526 bits per heavy atom. The van der Waals surface area contributed by atoms with Crippen molar-refractivity contribution < 1.29 is 52.3 Å². The lowest BCUT2D eigenvalue weighted by Gasteiger charge is -2.22. The monoisotopic (exact) mass is 1100 g/mol. The Balaban J connectivity index is 5.13. The molecule has 0 bridgehead atoms. The van der Waals surface area contributed by atoms with Gasteiger partial charge in [0.05, 0.1) is 38.3 Å². The summed E-state index contributed by atoms with van der Waals surface area (Å²) in [6, 6.07) is -2.20. The van der Waals surface area contributed by atoms with Gasteiger partial charge >= 0.3 is 13.8 Å². The van der Waals surface area contributed by atoms with E-state index in [9.17, 15) is 33.7 Å². The van der Waals surface area contributed by atoms with E-state index in [1.54, 1.807) is 0 Å². The molecule has 0 heterocycles. The van der Waals surface area contributed by atoms with Crippen LogP contribution in [0.5, 0.6) is 0 Å². The molecular weight excluding hydrogens is 986 g/mol. The van der Waals surface area contributed by atoms with Gasteiger partial charge in [0.1, 0.15) is 11.9 Å². The minimum atomic E-state index is -4.58. The fourth-order valence-electron chi connectivity index (χ4n) is 9.56. The predicted octanol–water partition coefficient (Wildman–Crippen LogP) is 12.5. The fourth-order valence-corrected chi connectivity index (χ4v) is 10.3. The van der Waals surface area contributed by atoms with E-state index >= 15 is 0 Å². The third-order valence-corrected chi connectivity index (χ3v) is 15.9. The van der Waals surface area contributed by atoms with Crippen molar-refractivity contribution in [3.8, 4) is 0 Å². The number of ether oxygens (including phenoxy) is 2. The number of aliphatic carboxylic acids is 1. The van der Waals surface area contributed by atoms with Crippen LogP contribution in [-0.2, 0) is 42.3 Å². The number of amides is 1. The number of Topliss-reactive ketones (excluding diaryl/α,β-unsaturated/α-hetero) is 2. The second-order valence-electron chi connectivity index (χ2n) is 24.1. The van der Waals surface area contributed by atoms with Crippen molar-refractivity contribution in [1.29, 1.82) is 0 Å². The Morgan fingerprint density at radius 2 is 0.974 bits per heavy atom. The van der Waals surface area contributed by atoms with Crippen molar-refractivity contribution in [3.05, 3.63) is 0 Å². The number of ketones is 2. The van der Waals surface area contributed by atoms with Gasteiger partial charge in [0.2, 0.25) is 5.91 Å². The van der Waals surface area contributed by atoms with Crippen LogP contribution >= 0.6 is 7.82 Å². The topological polar surface area (TPSA) is 265 Å². The maximum absolute atomic E-state index is 13.0. The summed E-state index contributed by atoms with van der Waals surface area (Å²) in [6.07, 6.45) is 23.4. The summed E-state index contributed by atoms with van der Waals surface area (Å²) in [5, 5.41) is 11.8. The van der Waals surface area contributed by atoms with Crippen LogP contribution in [0.25, 0.3) is 0 Å². The van der Waals surface area contributed by atoms with Crippen molar-refractivity contribution >= 4 is 37.2 Å². The number of aliphatic imine (C=N–C) groups is 1. The molecule has 16 nitrogen and oxygen atoms in total. The minimum Gasteiger partial charge on any atom is -0.481 e. The van der Waals surface area contributed by atoms with E-state index in [0.717, 1.165) is 55.3 Å². The number of nitrogens with two attached hydrogens (primary N) is 3. The quantitative estimate of drug-likeness (QED) is 0.0143. The van der Waals surface area contributed by atoms with Gasteiger partial charge in [-0.2, -0.15) is 0 Å². The van der Waals surface area contributed by atoms with Crippen LogP contribution < -0.4 is 22.5 Å². The molecule has 9 N–H and O–H groups in total. The number of hydrogen-bond donors (Lipinski definition) is 6. The lowest BCUT2D eigenvalue weighted by Crippen LogP contribution is -2.42. The van der Waals surface area contributed by atoms with Gasteiger partial charge < -0.3 is 42.0 Å². The lowest BCUT2D eigenvalue weighted by atomic mass is 9.91. The zero-order chi connectivity index (χ0) is 57.3. The Morgan fingerprint density at radius 3 is 1.42 bits per heavy atom. The number of phosphoric acid groups is 1. The van der Waals surface area contributed by atoms with Crippen molar-refractivity contribution in [2.75, 3.05) is 39.6 Å². The van der Waals surface area contributed by atoms with Gasteiger partial charge in [-0.25, -0.2) is 4.57 Å². The molecule has 0 aromatic heterocycles. The molecular formula is C59H116N5O11P. The summed E-state index contributed by atoms with van der Waals surface area (Å²) in [7, 11) is -4.58. The van der Waals surface area contributed by atoms with E-state index in [1.165, 1.54) is 103 Å². The molecule has 0 saturated carbocycles. The SMILES string of the molecule is CC(C)CCCC(C)CCCC(C)CCCC(C)CCOCC(COP(=O)(O)OCCCC(=O)C(CC(=O)O)NC(=O)CCC(=O)C(N)CCCN=C(N)N)OCCC(C)CCCC(C)CCCC(C)CCCC(C)C. The molecule has 0 radical (unpaired) electrons. The fraction of sp³-hybridized carbons (Fsp3) is 0.915. The molecule has 0 saturated heterocycles. The molecule has 1 amide bonds. The van der Waals surface area contributed by atoms with Crippen LogP contribution in [0.1, 0.15) is 243 Å². The second kappa shape index (κ2) is 45.3. The highest BCUT2D eigenvalue weighted by molar-refractivity contribution is 7.47. The number of carboxylic acids is 1. The number of rotatable bonds is 53. The summed E-state index contributed by atoms with van der Waals surface area (Å²) in [4.78, 5) is 64.1. The number of phosphoric ester groups is 1. The third kappa shape index (κ3) is 45.4. The standard InChI is InChI=1S/C59H116N5O11P/c1-44(2)19-11-21-46(5)23-13-25-48(7)27-15-29-50(9)35-39-72-42-52(73-40-36-51(10)30-16-28-49(8)26-14-24-47(6)22-12-20-45(3)4)43-75-76(70,71)74-38-18-32-56(66)54(41-58(68)69)64-57(67)34-33-55(65)53(60)31-17-37-63-59(61)62/h44-54H,11-43,60H2,1-10H3,(H,64,67)(H,68,69)(H,70,71)(H4,61,62,63). The molecule has 10 unspecified atom stereocenters. The number of nitrogens with zero attached hydrogens (tertiary/aromatic N) is 1. The first-order valence-corrected chi connectivity index (χ1v) is 31.6. The lowest BCUT2D eigenvalue weighted by molar-refractivity contribution is -0.140. The van der Waals surface area contributed by atoms with Gasteiger partial charge in [0.15, 0.2) is 11.7 Å². The Bertz CT molecular complexity index is 1580. The zero-order valence-electron chi connectivity index (χ0n) is 49.9. The van der Waals surface area contributed by atoms with Gasteiger partial charge in [-0.1, -0.05) is 185 Å². The molecule has 0 aliphatic heterocycles. The van der Waals surface area contributed by atoms with Crippen molar-refractivity contribution in [3.63, 3.8) is 0 Å². The molecule has 0 aromatic rings. The van der Waals surface area contributed by atoms with Gasteiger partial charge in [-0.05, 0) is 79.4 Å².